The van der Waals surface area contributed by atoms with Crippen LogP contribution < -0.4 is 16.0 Å². The lowest BCUT2D eigenvalue weighted by Gasteiger charge is -2.14. The Kier molecular flexibility index (Phi) is 6.57. The van der Waals surface area contributed by atoms with E-state index in [-0.39, 0.29) is 5.69 Å². The van der Waals surface area contributed by atoms with Gasteiger partial charge in [0.1, 0.15) is 0 Å². The predicted molar refractivity (Wildman–Crippen MR) is 127 cm³/mol. The molecule has 0 unspecified atom stereocenters. The van der Waals surface area contributed by atoms with Crippen LogP contribution >= 0.6 is 12.2 Å². The first-order valence-electron chi connectivity index (χ1n) is 10.5. The van der Waals surface area contributed by atoms with Crippen molar-refractivity contribution in [2.24, 2.45) is 0 Å². The van der Waals surface area contributed by atoms with E-state index in [2.05, 4.69) is 30.9 Å². The lowest BCUT2D eigenvalue weighted by molar-refractivity contribution is -0.137. The van der Waals surface area contributed by atoms with E-state index in [0.717, 1.165) is 54.0 Å². The van der Waals surface area contributed by atoms with Crippen LogP contribution in [0, 0.1) is 6.92 Å². The number of benzene rings is 1. The van der Waals surface area contributed by atoms with Gasteiger partial charge >= 0.3 is 6.18 Å². The normalized spacial score (nSPS) is 13.1. The molecule has 0 aliphatic carbocycles. The maximum absolute atomic E-state index is 13.2. The van der Waals surface area contributed by atoms with Crippen molar-refractivity contribution in [3.63, 3.8) is 0 Å². The van der Waals surface area contributed by atoms with Gasteiger partial charge in [-0.05, 0) is 57.1 Å². The number of nitrogens with one attached hydrogen (secondary N) is 3. The van der Waals surface area contributed by atoms with Crippen molar-refractivity contribution in [1.29, 1.82) is 0 Å². The molecule has 6 nitrogen and oxygen atoms in total. The maximum Gasteiger partial charge on any atom is 0.416 e. The zero-order chi connectivity index (χ0) is 23.6. The number of hydrogen-bond donors (Lipinski definition) is 3. The molecule has 1 aromatic carbocycles. The molecule has 4 rings (SSSR count). The highest BCUT2D eigenvalue weighted by molar-refractivity contribution is 7.80. The lowest BCUT2D eigenvalue weighted by atomic mass is 10.0. The summed E-state index contributed by atoms with van der Waals surface area (Å²) in [6.45, 7) is 2.80. The maximum atomic E-state index is 13.2. The van der Waals surface area contributed by atoms with Gasteiger partial charge in [0.15, 0.2) is 0 Å². The van der Waals surface area contributed by atoms with E-state index < -0.39 is 11.7 Å². The molecule has 2 aromatic heterocycles. The second-order valence-corrected chi connectivity index (χ2v) is 8.35. The Morgan fingerprint density at radius 2 is 1.97 bits per heavy atom. The Bertz CT molecular complexity index is 1200. The van der Waals surface area contributed by atoms with Crippen LogP contribution in [0.5, 0.6) is 0 Å². The summed E-state index contributed by atoms with van der Waals surface area (Å²) < 4.78 is 39.7. The number of halogens is 3. The van der Waals surface area contributed by atoms with Crippen molar-refractivity contribution >= 4 is 34.5 Å². The van der Waals surface area contributed by atoms with Crippen LogP contribution in [0.15, 0.2) is 36.7 Å². The average molecular weight is 473 g/mol. The first-order chi connectivity index (χ1) is 15.7. The number of anilines is 3. The van der Waals surface area contributed by atoms with Gasteiger partial charge < -0.3 is 16.0 Å². The quantitative estimate of drug-likeness (QED) is 0.342. The van der Waals surface area contributed by atoms with Gasteiger partial charge in [-0.1, -0.05) is 18.3 Å². The Balaban J connectivity index is 1.68. The summed E-state index contributed by atoms with van der Waals surface area (Å²) >= 11 is 5.32. The second kappa shape index (κ2) is 9.40. The van der Waals surface area contributed by atoms with Crippen molar-refractivity contribution in [1.82, 2.24) is 20.3 Å². The minimum absolute atomic E-state index is 0.280. The number of aryl methyl sites for hydroxylation is 2. The molecule has 10 heteroatoms. The standard InChI is InChI=1S/C23H23F3N6S/c1-13-18(8-14(11-28-13)4-3-7-27-2)31-22-29-12-15-9-20(33)30-19-10-16(23(24,25)26)5-6-17(19)21(15)32-22/h5-6,8,10-12,27H,3-4,7,9H2,1-2H3,(H,30,33)(H,29,31,32). The van der Waals surface area contributed by atoms with Crippen molar-refractivity contribution in [3.05, 3.63) is 59.0 Å². The molecule has 0 saturated carbocycles. The number of pyridine rings is 1. The van der Waals surface area contributed by atoms with Gasteiger partial charge in [0, 0.05) is 35.6 Å². The van der Waals surface area contributed by atoms with Gasteiger partial charge in [-0.15, -0.1) is 0 Å². The summed E-state index contributed by atoms with van der Waals surface area (Å²) in [5.41, 5.74) is 4.03. The van der Waals surface area contributed by atoms with Crippen molar-refractivity contribution < 1.29 is 13.2 Å². The molecule has 1 aliphatic heterocycles. The molecular weight excluding hydrogens is 449 g/mol. The summed E-state index contributed by atoms with van der Waals surface area (Å²) in [6, 6.07) is 5.56. The largest absolute Gasteiger partial charge is 0.416 e. The molecule has 33 heavy (non-hydrogen) atoms. The number of nitrogens with zero attached hydrogens (tertiary/aromatic N) is 3. The first-order valence-corrected chi connectivity index (χ1v) is 10.9. The highest BCUT2D eigenvalue weighted by Gasteiger charge is 2.32. The Hall–Kier alpha value is -3.11. The fraction of sp³-hybridized carbons (Fsp3) is 0.304. The Morgan fingerprint density at radius 1 is 1.15 bits per heavy atom. The number of alkyl halides is 3. The summed E-state index contributed by atoms with van der Waals surface area (Å²) in [5.74, 6) is 0.338. The third kappa shape index (κ3) is 5.28. The van der Waals surface area contributed by atoms with Crippen LogP contribution in [0.2, 0.25) is 0 Å². The molecule has 0 amide bonds. The molecule has 3 aromatic rings. The van der Waals surface area contributed by atoms with Gasteiger partial charge in [0.05, 0.1) is 27.6 Å². The van der Waals surface area contributed by atoms with E-state index in [1.807, 2.05) is 26.2 Å². The Morgan fingerprint density at radius 3 is 2.73 bits per heavy atom. The Labute approximate surface area is 195 Å². The van der Waals surface area contributed by atoms with Crippen LogP contribution in [0.4, 0.5) is 30.5 Å². The first kappa shape index (κ1) is 23.1. The number of hydrogen-bond acceptors (Lipinski definition) is 6. The molecule has 3 heterocycles. The highest BCUT2D eigenvalue weighted by atomic mass is 32.1. The fourth-order valence-electron chi connectivity index (χ4n) is 3.66. The van der Waals surface area contributed by atoms with Crippen molar-refractivity contribution in [2.75, 3.05) is 24.2 Å². The van der Waals surface area contributed by atoms with Crippen LogP contribution in [0.25, 0.3) is 11.3 Å². The number of rotatable bonds is 6. The zero-order valence-corrected chi connectivity index (χ0v) is 19.0. The van der Waals surface area contributed by atoms with Crippen molar-refractivity contribution in [3.8, 4) is 11.3 Å². The molecule has 3 N–H and O–H groups in total. The molecule has 1 aliphatic rings. The van der Waals surface area contributed by atoms with Crippen LogP contribution in [0.3, 0.4) is 0 Å². The molecule has 172 valence electrons. The van der Waals surface area contributed by atoms with E-state index >= 15 is 0 Å². The number of aromatic nitrogens is 3. The van der Waals surface area contributed by atoms with Gasteiger partial charge in [-0.2, -0.15) is 13.2 Å². The molecule has 0 fully saturated rings. The molecule has 0 atom stereocenters. The monoisotopic (exact) mass is 472 g/mol. The summed E-state index contributed by atoms with van der Waals surface area (Å²) in [6.07, 6.45) is 1.27. The van der Waals surface area contributed by atoms with E-state index in [9.17, 15) is 13.2 Å². The van der Waals surface area contributed by atoms with E-state index in [4.69, 9.17) is 12.2 Å². The molecule has 0 saturated heterocycles. The predicted octanol–water partition coefficient (Wildman–Crippen LogP) is 5.06. The molecule has 0 radical (unpaired) electrons. The van der Waals surface area contributed by atoms with E-state index in [0.29, 0.717) is 28.6 Å². The van der Waals surface area contributed by atoms with Gasteiger partial charge in [-0.25, -0.2) is 9.97 Å². The lowest BCUT2D eigenvalue weighted by Crippen LogP contribution is -2.11. The third-order valence-corrected chi connectivity index (χ3v) is 5.62. The molecule has 0 bridgehead atoms. The topological polar surface area (TPSA) is 74.8 Å². The van der Waals surface area contributed by atoms with Gasteiger partial charge in [0.25, 0.3) is 0 Å². The third-order valence-electron chi connectivity index (χ3n) is 5.37. The SMILES string of the molecule is CNCCCc1cnc(C)c(Nc2ncc3c(n2)-c2ccc(C(F)(F)F)cc2NC(=S)C3)c1. The van der Waals surface area contributed by atoms with E-state index in [1.165, 1.54) is 6.07 Å². The fourth-order valence-corrected chi connectivity index (χ4v) is 3.92. The summed E-state index contributed by atoms with van der Waals surface area (Å²) in [7, 11) is 1.92. The zero-order valence-electron chi connectivity index (χ0n) is 18.2. The minimum atomic E-state index is -4.45. The number of thiocarbonyl (C=S) groups is 1. The van der Waals surface area contributed by atoms with Crippen molar-refractivity contribution in [2.45, 2.75) is 32.4 Å². The van der Waals surface area contributed by atoms with Gasteiger partial charge in [-0.3, -0.25) is 4.98 Å². The van der Waals surface area contributed by atoms with Crippen LogP contribution in [-0.4, -0.2) is 33.5 Å². The molecule has 0 spiro atoms. The smallest absolute Gasteiger partial charge is 0.349 e. The second-order valence-electron chi connectivity index (χ2n) is 7.86. The summed E-state index contributed by atoms with van der Waals surface area (Å²) in [4.78, 5) is 13.9. The van der Waals surface area contributed by atoms with Gasteiger partial charge in [0.2, 0.25) is 5.95 Å². The average Bonchev–Trinajstić information content (AvgIpc) is 2.90. The number of fused-ring (bicyclic) bond motifs is 3. The van der Waals surface area contributed by atoms with E-state index in [1.54, 1.807) is 6.20 Å². The summed E-state index contributed by atoms with van der Waals surface area (Å²) in [5, 5.41) is 9.27. The van der Waals surface area contributed by atoms with Crippen LogP contribution in [-0.2, 0) is 19.0 Å². The van der Waals surface area contributed by atoms with Crippen LogP contribution in [0.1, 0.15) is 28.8 Å². The molecular formula is C23H23F3N6S. The highest BCUT2D eigenvalue weighted by Crippen LogP contribution is 2.38. The minimum Gasteiger partial charge on any atom is -0.349 e.